The molecule has 0 aliphatic rings. The van der Waals surface area contributed by atoms with Crippen LogP contribution in [0.15, 0.2) is 12.1 Å². The number of amides is 1. The maximum absolute atomic E-state index is 13.7. The van der Waals surface area contributed by atoms with E-state index in [0.29, 0.717) is 0 Å². The van der Waals surface area contributed by atoms with Crippen LogP contribution < -0.4 is 10.1 Å². The van der Waals surface area contributed by atoms with E-state index in [1.807, 2.05) is 0 Å². The van der Waals surface area contributed by atoms with E-state index < -0.39 is 28.7 Å². The number of aliphatic hydroxyl groups is 1. The van der Waals surface area contributed by atoms with E-state index in [-0.39, 0.29) is 25.3 Å². The van der Waals surface area contributed by atoms with Crippen molar-refractivity contribution in [3.8, 4) is 18.1 Å². The molecule has 0 heterocycles. The van der Waals surface area contributed by atoms with Crippen molar-refractivity contribution in [3.05, 3.63) is 29.3 Å². The van der Waals surface area contributed by atoms with Gasteiger partial charge >= 0.3 is 0 Å². The highest BCUT2D eigenvalue weighted by Gasteiger charge is 2.20. The summed E-state index contributed by atoms with van der Waals surface area (Å²) < 4.78 is 32.1. The van der Waals surface area contributed by atoms with Crippen LogP contribution in [0.2, 0.25) is 0 Å². The maximum Gasteiger partial charge on any atom is 0.251 e. The first kappa shape index (κ1) is 16.9. The molecule has 0 atom stereocenters. The number of benzene rings is 1. The van der Waals surface area contributed by atoms with Crippen LogP contribution in [0.25, 0.3) is 0 Å². The van der Waals surface area contributed by atoms with Crippen LogP contribution >= 0.6 is 0 Å². The molecule has 0 spiro atoms. The lowest BCUT2D eigenvalue weighted by Gasteiger charge is -2.21. The number of carbonyl (C=O) groups is 1. The van der Waals surface area contributed by atoms with Gasteiger partial charge in [-0.05, 0) is 12.1 Å². The SMILES string of the molecule is C#CCOc1c(F)cc(C(=O)NCC(C)(C)CO)cc1F. The molecule has 0 unspecified atom stereocenters. The van der Waals surface area contributed by atoms with Crippen LogP contribution in [-0.2, 0) is 0 Å². The van der Waals surface area contributed by atoms with Crippen molar-refractivity contribution in [1.82, 2.24) is 5.32 Å². The Kier molecular flexibility index (Phi) is 5.68. The summed E-state index contributed by atoms with van der Waals surface area (Å²) in [4.78, 5) is 11.8. The zero-order valence-corrected chi connectivity index (χ0v) is 11.9. The highest BCUT2D eigenvalue weighted by atomic mass is 19.1. The molecule has 1 aromatic carbocycles. The number of rotatable bonds is 6. The third-order valence-electron chi connectivity index (χ3n) is 2.72. The molecule has 2 N–H and O–H groups in total. The average molecular weight is 297 g/mol. The van der Waals surface area contributed by atoms with E-state index in [0.717, 1.165) is 12.1 Å². The largest absolute Gasteiger partial charge is 0.475 e. The van der Waals surface area contributed by atoms with E-state index in [1.54, 1.807) is 13.8 Å². The summed E-state index contributed by atoms with van der Waals surface area (Å²) in [5, 5.41) is 11.6. The van der Waals surface area contributed by atoms with Crippen molar-refractivity contribution in [2.24, 2.45) is 5.41 Å². The number of carbonyl (C=O) groups excluding carboxylic acids is 1. The van der Waals surface area contributed by atoms with Crippen molar-refractivity contribution >= 4 is 5.91 Å². The fourth-order valence-corrected chi connectivity index (χ4v) is 1.42. The third kappa shape index (κ3) is 4.72. The molecule has 0 saturated heterocycles. The number of aliphatic hydroxyl groups excluding tert-OH is 1. The summed E-state index contributed by atoms with van der Waals surface area (Å²) in [5.74, 6) is -1.16. The Hall–Kier alpha value is -2.13. The van der Waals surface area contributed by atoms with Gasteiger partial charge in [0.15, 0.2) is 17.4 Å². The highest BCUT2D eigenvalue weighted by Crippen LogP contribution is 2.23. The second kappa shape index (κ2) is 7.04. The molecule has 0 aliphatic heterocycles. The van der Waals surface area contributed by atoms with E-state index >= 15 is 0 Å². The molecular weight excluding hydrogens is 280 g/mol. The van der Waals surface area contributed by atoms with Crippen LogP contribution in [0.1, 0.15) is 24.2 Å². The molecular formula is C15H17F2NO3. The standard InChI is InChI=1S/C15H17F2NO3/c1-4-5-21-13-11(16)6-10(7-12(13)17)14(20)18-8-15(2,3)9-19/h1,6-7,19H,5,8-9H2,2-3H3,(H,18,20). The van der Waals surface area contributed by atoms with Crippen molar-refractivity contribution in [2.45, 2.75) is 13.8 Å². The predicted molar refractivity (Wildman–Crippen MR) is 73.9 cm³/mol. The molecule has 21 heavy (non-hydrogen) atoms. The summed E-state index contributed by atoms with van der Waals surface area (Å²) in [6.45, 7) is 3.25. The molecule has 1 rings (SSSR count). The highest BCUT2D eigenvalue weighted by molar-refractivity contribution is 5.94. The van der Waals surface area contributed by atoms with E-state index in [2.05, 4.69) is 11.2 Å². The minimum absolute atomic E-state index is 0.130. The van der Waals surface area contributed by atoms with Gasteiger partial charge in [-0.1, -0.05) is 19.8 Å². The molecule has 4 nitrogen and oxygen atoms in total. The third-order valence-corrected chi connectivity index (χ3v) is 2.72. The fraction of sp³-hybridized carbons (Fsp3) is 0.400. The van der Waals surface area contributed by atoms with Gasteiger partial charge in [-0.25, -0.2) is 8.78 Å². The van der Waals surface area contributed by atoms with Crippen molar-refractivity contribution in [3.63, 3.8) is 0 Å². The molecule has 0 radical (unpaired) electrons. The molecule has 0 aromatic heterocycles. The van der Waals surface area contributed by atoms with Crippen molar-refractivity contribution in [1.29, 1.82) is 0 Å². The Labute approximate surface area is 122 Å². The molecule has 1 amide bonds. The molecule has 0 saturated carbocycles. The van der Waals surface area contributed by atoms with Gasteiger partial charge in [-0.15, -0.1) is 6.42 Å². The van der Waals surface area contributed by atoms with Gasteiger partial charge in [-0.3, -0.25) is 4.79 Å². The molecule has 6 heteroatoms. The van der Waals surface area contributed by atoms with Gasteiger partial charge in [0.1, 0.15) is 6.61 Å². The van der Waals surface area contributed by atoms with Gasteiger partial charge in [0.05, 0.1) is 0 Å². The maximum atomic E-state index is 13.7. The Morgan fingerprint density at radius 2 is 2.00 bits per heavy atom. The second-order valence-electron chi connectivity index (χ2n) is 5.27. The lowest BCUT2D eigenvalue weighted by molar-refractivity contribution is 0.0910. The smallest absolute Gasteiger partial charge is 0.251 e. The first-order valence-electron chi connectivity index (χ1n) is 6.25. The monoisotopic (exact) mass is 297 g/mol. The quantitative estimate of drug-likeness (QED) is 0.786. The minimum atomic E-state index is -1.00. The first-order chi connectivity index (χ1) is 9.80. The van der Waals surface area contributed by atoms with Gasteiger partial charge in [0.2, 0.25) is 0 Å². The zero-order chi connectivity index (χ0) is 16.0. The number of hydrogen-bond donors (Lipinski definition) is 2. The summed E-state index contributed by atoms with van der Waals surface area (Å²) in [6, 6.07) is 1.74. The number of hydrogen-bond acceptors (Lipinski definition) is 3. The number of nitrogens with one attached hydrogen (secondary N) is 1. The minimum Gasteiger partial charge on any atom is -0.475 e. The zero-order valence-electron chi connectivity index (χ0n) is 11.9. The number of terminal acetylenes is 1. The Balaban J connectivity index is 2.85. The van der Waals surface area contributed by atoms with E-state index in [9.17, 15) is 13.6 Å². The van der Waals surface area contributed by atoms with Crippen LogP contribution in [0.4, 0.5) is 8.78 Å². The van der Waals surface area contributed by atoms with Crippen molar-refractivity contribution < 1.29 is 23.4 Å². The molecule has 114 valence electrons. The van der Waals surface area contributed by atoms with Gasteiger partial charge in [0.25, 0.3) is 5.91 Å². The predicted octanol–water partition coefficient (Wildman–Crippen LogP) is 1.73. The summed E-state index contributed by atoms with van der Waals surface area (Å²) in [5.41, 5.74) is -0.699. The number of ether oxygens (including phenoxy) is 1. The van der Waals surface area contributed by atoms with Crippen molar-refractivity contribution in [2.75, 3.05) is 19.8 Å². The molecule has 0 bridgehead atoms. The van der Waals surface area contributed by atoms with E-state index in [1.165, 1.54) is 0 Å². The van der Waals surface area contributed by atoms with Crippen LogP contribution in [0.3, 0.4) is 0 Å². The number of halogens is 2. The normalized spacial score (nSPS) is 10.9. The van der Waals surface area contributed by atoms with Crippen LogP contribution in [-0.4, -0.2) is 30.8 Å². The van der Waals surface area contributed by atoms with Gasteiger partial charge in [-0.2, -0.15) is 0 Å². The lowest BCUT2D eigenvalue weighted by atomic mass is 9.95. The first-order valence-corrected chi connectivity index (χ1v) is 6.25. The molecule has 1 aromatic rings. The topological polar surface area (TPSA) is 58.6 Å². The molecule has 0 aliphatic carbocycles. The summed E-state index contributed by atoms with van der Waals surface area (Å²) >= 11 is 0. The Bertz CT molecular complexity index is 542. The van der Waals surface area contributed by atoms with Crippen LogP contribution in [0, 0.1) is 29.4 Å². The molecule has 0 fully saturated rings. The second-order valence-corrected chi connectivity index (χ2v) is 5.27. The van der Waals surface area contributed by atoms with E-state index in [4.69, 9.17) is 16.3 Å². The lowest BCUT2D eigenvalue weighted by Crippen LogP contribution is -2.36. The Morgan fingerprint density at radius 3 is 2.48 bits per heavy atom. The summed E-state index contributed by atoms with van der Waals surface area (Å²) in [7, 11) is 0. The fourth-order valence-electron chi connectivity index (χ4n) is 1.42. The van der Waals surface area contributed by atoms with Gasteiger partial charge in [0, 0.05) is 24.1 Å². The Morgan fingerprint density at radius 1 is 1.43 bits per heavy atom. The average Bonchev–Trinajstić information content (AvgIpc) is 2.44. The van der Waals surface area contributed by atoms with Gasteiger partial charge < -0.3 is 15.2 Å². The summed E-state index contributed by atoms with van der Waals surface area (Å²) in [6.07, 6.45) is 4.94. The van der Waals surface area contributed by atoms with Crippen LogP contribution in [0.5, 0.6) is 5.75 Å².